The number of hydrogen-bond donors (Lipinski definition) is 1. The van der Waals surface area contributed by atoms with E-state index in [-0.39, 0.29) is 0 Å². The normalized spacial score (nSPS) is 23.2. The van der Waals surface area contributed by atoms with Gasteiger partial charge in [-0.1, -0.05) is 25.5 Å². The van der Waals surface area contributed by atoms with E-state index in [2.05, 4.69) is 35.3 Å². The van der Waals surface area contributed by atoms with E-state index in [1.165, 1.54) is 50.8 Å². The molecule has 19 heavy (non-hydrogen) atoms. The first kappa shape index (κ1) is 13.0. The first-order valence-electron chi connectivity index (χ1n) is 7.98. The van der Waals surface area contributed by atoms with E-state index in [0.717, 1.165) is 19.1 Å². The van der Waals surface area contributed by atoms with Crippen molar-refractivity contribution in [1.29, 1.82) is 0 Å². The Labute approximate surface area is 117 Å². The van der Waals surface area contributed by atoms with Gasteiger partial charge in [-0.15, -0.1) is 0 Å². The summed E-state index contributed by atoms with van der Waals surface area (Å²) in [4.78, 5) is 2.71. The van der Waals surface area contributed by atoms with Crippen LogP contribution < -0.4 is 10.2 Å². The van der Waals surface area contributed by atoms with E-state index in [1.807, 2.05) is 0 Å². The molecule has 1 aromatic rings. The molecule has 1 aromatic carbocycles. The average molecular weight is 258 g/mol. The van der Waals surface area contributed by atoms with Crippen LogP contribution in [0.5, 0.6) is 0 Å². The van der Waals surface area contributed by atoms with Crippen LogP contribution in [0.1, 0.15) is 50.2 Å². The van der Waals surface area contributed by atoms with Gasteiger partial charge >= 0.3 is 0 Å². The lowest BCUT2D eigenvalue weighted by atomic mass is 9.93. The minimum Gasteiger partial charge on any atom is -0.368 e. The fraction of sp³-hybridized carbons (Fsp3) is 0.647. The van der Waals surface area contributed by atoms with E-state index >= 15 is 0 Å². The fourth-order valence-corrected chi connectivity index (χ4v) is 3.72. The Morgan fingerprint density at radius 1 is 1.32 bits per heavy atom. The second-order valence-corrected chi connectivity index (χ2v) is 5.97. The van der Waals surface area contributed by atoms with Crippen molar-refractivity contribution >= 4 is 5.69 Å². The van der Waals surface area contributed by atoms with Crippen molar-refractivity contribution in [3.8, 4) is 0 Å². The number of fused-ring (bicyclic) bond motifs is 1. The summed E-state index contributed by atoms with van der Waals surface area (Å²) in [7, 11) is 0. The molecular weight excluding hydrogens is 232 g/mol. The van der Waals surface area contributed by atoms with Gasteiger partial charge in [0.15, 0.2) is 0 Å². The SMILES string of the molecule is CCCC1CCCCN1c1cccc2c1CNCC2. The third-order valence-electron chi connectivity index (χ3n) is 4.68. The Bertz CT molecular complexity index is 425. The zero-order valence-corrected chi connectivity index (χ0v) is 12.1. The highest BCUT2D eigenvalue weighted by molar-refractivity contribution is 5.58. The Morgan fingerprint density at radius 3 is 3.16 bits per heavy atom. The van der Waals surface area contributed by atoms with E-state index in [9.17, 15) is 0 Å². The summed E-state index contributed by atoms with van der Waals surface area (Å²) in [5.74, 6) is 0. The molecule has 0 spiro atoms. The molecule has 1 saturated heterocycles. The molecule has 0 radical (unpaired) electrons. The van der Waals surface area contributed by atoms with Crippen molar-refractivity contribution in [2.24, 2.45) is 0 Å². The van der Waals surface area contributed by atoms with Gasteiger partial charge < -0.3 is 10.2 Å². The van der Waals surface area contributed by atoms with Crippen molar-refractivity contribution in [2.45, 2.75) is 58.0 Å². The van der Waals surface area contributed by atoms with Crippen molar-refractivity contribution in [3.63, 3.8) is 0 Å². The summed E-state index contributed by atoms with van der Waals surface area (Å²) in [6.45, 7) is 5.76. The molecule has 0 aliphatic carbocycles. The van der Waals surface area contributed by atoms with Gasteiger partial charge in [-0.3, -0.25) is 0 Å². The molecule has 2 aliphatic rings. The Hall–Kier alpha value is -1.02. The first-order chi connectivity index (χ1) is 9.40. The summed E-state index contributed by atoms with van der Waals surface area (Å²) in [5, 5.41) is 3.54. The van der Waals surface area contributed by atoms with E-state index in [0.29, 0.717) is 0 Å². The van der Waals surface area contributed by atoms with Gasteiger partial charge in [0.25, 0.3) is 0 Å². The van der Waals surface area contributed by atoms with Gasteiger partial charge in [0.05, 0.1) is 0 Å². The molecule has 104 valence electrons. The summed E-state index contributed by atoms with van der Waals surface area (Å²) < 4.78 is 0. The number of rotatable bonds is 3. The summed E-state index contributed by atoms with van der Waals surface area (Å²) in [5.41, 5.74) is 4.65. The molecule has 1 N–H and O–H groups in total. The van der Waals surface area contributed by atoms with E-state index in [4.69, 9.17) is 0 Å². The average Bonchev–Trinajstić information content (AvgIpc) is 2.48. The van der Waals surface area contributed by atoms with Crippen LogP contribution in [0.3, 0.4) is 0 Å². The molecule has 2 nitrogen and oxygen atoms in total. The van der Waals surface area contributed by atoms with Gasteiger partial charge in [-0.25, -0.2) is 0 Å². The third-order valence-corrected chi connectivity index (χ3v) is 4.68. The number of piperidine rings is 1. The smallest absolute Gasteiger partial charge is 0.0417 e. The Morgan fingerprint density at radius 2 is 2.26 bits per heavy atom. The molecule has 2 heterocycles. The minimum absolute atomic E-state index is 0.771. The largest absolute Gasteiger partial charge is 0.368 e. The maximum Gasteiger partial charge on any atom is 0.0417 e. The summed E-state index contributed by atoms with van der Waals surface area (Å²) in [6.07, 6.45) is 7.98. The van der Waals surface area contributed by atoms with Crippen molar-refractivity contribution in [2.75, 3.05) is 18.0 Å². The molecule has 2 aliphatic heterocycles. The van der Waals surface area contributed by atoms with Crippen LogP contribution in [0, 0.1) is 0 Å². The predicted octanol–water partition coefficient (Wildman–Crippen LogP) is 3.49. The monoisotopic (exact) mass is 258 g/mol. The van der Waals surface area contributed by atoms with Crippen LogP contribution >= 0.6 is 0 Å². The van der Waals surface area contributed by atoms with Crippen LogP contribution in [-0.2, 0) is 13.0 Å². The lowest BCUT2D eigenvalue weighted by Gasteiger charge is -2.39. The molecule has 2 heteroatoms. The second-order valence-electron chi connectivity index (χ2n) is 5.97. The quantitative estimate of drug-likeness (QED) is 0.893. The standard InChI is InChI=1S/C17H26N2/c1-2-6-15-8-3-4-12-19(15)17-9-5-7-14-10-11-18-13-16(14)17/h5,7,9,15,18H,2-4,6,8,10-13H2,1H3. The minimum atomic E-state index is 0.771. The zero-order chi connectivity index (χ0) is 13.1. The first-order valence-corrected chi connectivity index (χ1v) is 7.98. The van der Waals surface area contributed by atoms with Crippen LogP contribution in [0.15, 0.2) is 18.2 Å². The van der Waals surface area contributed by atoms with Gasteiger partial charge in [0.2, 0.25) is 0 Å². The lowest BCUT2D eigenvalue weighted by Crippen LogP contribution is -2.41. The van der Waals surface area contributed by atoms with Crippen LogP contribution in [-0.4, -0.2) is 19.1 Å². The van der Waals surface area contributed by atoms with E-state index in [1.54, 1.807) is 11.1 Å². The highest BCUT2D eigenvalue weighted by Gasteiger charge is 2.25. The molecule has 0 bridgehead atoms. The maximum absolute atomic E-state index is 3.54. The van der Waals surface area contributed by atoms with Crippen molar-refractivity contribution < 1.29 is 0 Å². The Kier molecular flexibility index (Phi) is 4.07. The predicted molar refractivity (Wildman–Crippen MR) is 81.7 cm³/mol. The second kappa shape index (κ2) is 5.96. The molecule has 1 fully saturated rings. The van der Waals surface area contributed by atoms with Gasteiger partial charge in [-0.05, 0) is 55.8 Å². The fourth-order valence-electron chi connectivity index (χ4n) is 3.72. The summed E-state index contributed by atoms with van der Waals surface area (Å²) >= 11 is 0. The van der Waals surface area contributed by atoms with Gasteiger partial charge in [0, 0.05) is 24.8 Å². The highest BCUT2D eigenvalue weighted by atomic mass is 15.2. The molecule has 0 aromatic heterocycles. The molecule has 1 atom stereocenters. The lowest BCUT2D eigenvalue weighted by molar-refractivity contribution is 0.433. The zero-order valence-electron chi connectivity index (χ0n) is 12.1. The number of hydrogen-bond acceptors (Lipinski definition) is 2. The molecule has 0 amide bonds. The topological polar surface area (TPSA) is 15.3 Å². The Balaban J connectivity index is 1.91. The van der Waals surface area contributed by atoms with Crippen LogP contribution in [0.25, 0.3) is 0 Å². The molecule has 1 unspecified atom stereocenters. The van der Waals surface area contributed by atoms with Gasteiger partial charge in [-0.2, -0.15) is 0 Å². The molecular formula is C17H26N2. The van der Waals surface area contributed by atoms with Gasteiger partial charge in [0.1, 0.15) is 0 Å². The van der Waals surface area contributed by atoms with Crippen molar-refractivity contribution in [3.05, 3.63) is 29.3 Å². The number of benzene rings is 1. The van der Waals surface area contributed by atoms with Crippen LogP contribution in [0.4, 0.5) is 5.69 Å². The number of nitrogens with zero attached hydrogens (tertiary/aromatic N) is 1. The molecule has 3 rings (SSSR count). The maximum atomic E-state index is 3.54. The van der Waals surface area contributed by atoms with Crippen molar-refractivity contribution in [1.82, 2.24) is 5.32 Å². The van der Waals surface area contributed by atoms with E-state index < -0.39 is 0 Å². The highest BCUT2D eigenvalue weighted by Crippen LogP contribution is 2.32. The number of nitrogens with one attached hydrogen (secondary N) is 1. The number of anilines is 1. The van der Waals surface area contributed by atoms with Crippen LogP contribution in [0.2, 0.25) is 0 Å². The molecule has 0 saturated carbocycles. The summed E-state index contributed by atoms with van der Waals surface area (Å²) in [6, 6.07) is 7.70. The third kappa shape index (κ3) is 2.64.